The minimum absolute atomic E-state index is 0.183. The fourth-order valence-electron chi connectivity index (χ4n) is 6.62. The lowest BCUT2D eigenvalue weighted by Gasteiger charge is -2.56. The van der Waals surface area contributed by atoms with Gasteiger partial charge in [0.2, 0.25) is 12.7 Å². The first-order valence-corrected chi connectivity index (χ1v) is 10.3. The summed E-state index contributed by atoms with van der Waals surface area (Å²) in [6.45, 7) is 2.43. The van der Waals surface area contributed by atoms with E-state index in [1.54, 1.807) is 0 Å². The average molecular weight is 355 g/mol. The van der Waals surface area contributed by atoms with Crippen LogP contribution in [0.4, 0.5) is 5.69 Å². The lowest BCUT2D eigenvalue weighted by Crippen LogP contribution is -2.47. The monoisotopic (exact) mass is 355 g/mol. The SMILES string of the molecule is CCCc1cc2c(cc1NC(=O)CC13CC4CC(CC(C4)C1)C3)OCO2. The molecule has 0 unspecified atom stereocenters. The molecule has 4 nitrogen and oxygen atoms in total. The van der Waals surface area contributed by atoms with Gasteiger partial charge in [-0.05, 0) is 79.7 Å². The first-order chi connectivity index (χ1) is 12.6. The molecule has 4 fully saturated rings. The number of benzene rings is 1. The van der Waals surface area contributed by atoms with Gasteiger partial charge in [0.1, 0.15) is 0 Å². The molecule has 0 spiro atoms. The summed E-state index contributed by atoms with van der Waals surface area (Å²) in [5, 5.41) is 3.23. The molecule has 4 saturated carbocycles. The van der Waals surface area contributed by atoms with Crippen LogP contribution >= 0.6 is 0 Å². The summed E-state index contributed by atoms with van der Waals surface area (Å²) < 4.78 is 11.0. The Morgan fingerprint density at radius 1 is 1.08 bits per heavy atom. The molecule has 1 heterocycles. The quantitative estimate of drug-likeness (QED) is 0.816. The summed E-state index contributed by atoms with van der Waals surface area (Å²) in [5.74, 6) is 4.38. The van der Waals surface area contributed by atoms with Crippen LogP contribution in [0, 0.1) is 23.2 Å². The fourth-order valence-corrected chi connectivity index (χ4v) is 6.62. The number of carbonyl (C=O) groups is 1. The Hall–Kier alpha value is -1.71. The van der Waals surface area contributed by atoms with Crippen molar-refractivity contribution in [2.75, 3.05) is 12.1 Å². The molecule has 6 rings (SSSR count). The molecular formula is C22H29NO3. The Kier molecular flexibility index (Phi) is 3.91. The Labute approximate surface area is 155 Å². The lowest BCUT2D eigenvalue weighted by molar-refractivity contribution is -0.124. The first kappa shape index (κ1) is 16.5. The third-order valence-electron chi connectivity index (χ3n) is 7.09. The Morgan fingerprint density at radius 3 is 2.31 bits per heavy atom. The van der Waals surface area contributed by atoms with Gasteiger partial charge in [-0.1, -0.05) is 13.3 Å². The van der Waals surface area contributed by atoms with Crippen LogP contribution in [-0.4, -0.2) is 12.7 Å². The number of fused-ring (bicyclic) bond motifs is 1. The third kappa shape index (κ3) is 2.87. The van der Waals surface area contributed by atoms with E-state index in [1.807, 2.05) is 12.1 Å². The zero-order valence-electron chi connectivity index (χ0n) is 15.7. The number of hydrogen-bond donors (Lipinski definition) is 1. The minimum atomic E-state index is 0.183. The summed E-state index contributed by atoms with van der Waals surface area (Å²) in [6.07, 6.45) is 10.7. The Bertz CT molecular complexity index is 691. The predicted octanol–water partition coefficient (Wildman–Crippen LogP) is 4.91. The molecule has 1 N–H and O–H groups in total. The number of carbonyl (C=O) groups excluding carboxylic acids is 1. The topological polar surface area (TPSA) is 47.6 Å². The van der Waals surface area contributed by atoms with Crippen molar-refractivity contribution in [2.45, 2.75) is 64.7 Å². The van der Waals surface area contributed by atoms with Crippen LogP contribution in [0.2, 0.25) is 0 Å². The molecule has 0 radical (unpaired) electrons. The van der Waals surface area contributed by atoms with Gasteiger partial charge in [0, 0.05) is 18.2 Å². The average Bonchev–Trinajstić information content (AvgIpc) is 3.00. The summed E-state index contributed by atoms with van der Waals surface area (Å²) in [6, 6.07) is 3.98. The number of ether oxygens (including phenoxy) is 2. The van der Waals surface area contributed by atoms with Gasteiger partial charge in [0.25, 0.3) is 0 Å². The van der Waals surface area contributed by atoms with E-state index in [2.05, 4.69) is 12.2 Å². The number of hydrogen-bond acceptors (Lipinski definition) is 3. The normalized spacial score (nSPS) is 33.5. The highest BCUT2D eigenvalue weighted by Gasteiger charge is 2.51. The molecule has 0 saturated heterocycles. The van der Waals surface area contributed by atoms with E-state index in [9.17, 15) is 4.79 Å². The second-order valence-corrected chi connectivity index (χ2v) is 9.26. The zero-order chi connectivity index (χ0) is 17.7. The smallest absolute Gasteiger partial charge is 0.231 e. The molecule has 1 aliphatic heterocycles. The van der Waals surface area contributed by atoms with Crippen molar-refractivity contribution < 1.29 is 14.3 Å². The van der Waals surface area contributed by atoms with E-state index < -0.39 is 0 Å². The first-order valence-electron chi connectivity index (χ1n) is 10.3. The molecule has 4 aliphatic carbocycles. The second-order valence-electron chi connectivity index (χ2n) is 9.26. The number of amides is 1. The molecule has 4 heteroatoms. The maximum atomic E-state index is 13.0. The van der Waals surface area contributed by atoms with Gasteiger partial charge in [-0.15, -0.1) is 0 Å². The number of aryl methyl sites for hydroxylation is 1. The molecule has 1 aromatic carbocycles. The van der Waals surface area contributed by atoms with Gasteiger partial charge >= 0.3 is 0 Å². The molecular weight excluding hydrogens is 326 g/mol. The van der Waals surface area contributed by atoms with Gasteiger partial charge in [-0.2, -0.15) is 0 Å². The Morgan fingerprint density at radius 2 is 1.69 bits per heavy atom. The van der Waals surface area contributed by atoms with Crippen LogP contribution in [0.1, 0.15) is 63.9 Å². The van der Waals surface area contributed by atoms with Gasteiger partial charge in [0.05, 0.1) is 0 Å². The van der Waals surface area contributed by atoms with E-state index in [0.717, 1.165) is 53.3 Å². The highest BCUT2D eigenvalue weighted by molar-refractivity contribution is 5.92. The molecule has 140 valence electrons. The van der Waals surface area contributed by atoms with Crippen LogP contribution in [0.25, 0.3) is 0 Å². The Balaban J connectivity index is 1.33. The summed E-state index contributed by atoms with van der Waals surface area (Å²) in [7, 11) is 0. The van der Waals surface area contributed by atoms with Crippen LogP contribution in [-0.2, 0) is 11.2 Å². The van der Waals surface area contributed by atoms with Crippen LogP contribution in [0.5, 0.6) is 11.5 Å². The number of nitrogens with one attached hydrogen (secondary N) is 1. The molecule has 0 atom stereocenters. The van der Waals surface area contributed by atoms with Crippen molar-refractivity contribution in [2.24, 2.45) is 23.2 Å². The summed E-state index contributed by atoms with van der Waals surface area (Å²) in [5.41, 5.74) is 2.33. The zero-order valence-corrected chi connectivity index (χ0v) is 15.7. The molecule has 1 aromatic rings. The van der Waals surface area contributed by atoms with Crippen LogP contribution in [0.15, 0.2) is 12.1 Å². The molecule has 5 aliphatic rings. The van der Waals surface area contributed by atoms with E-state index in [1.165, 1.54) is 38.5 Å². The highest BCUT2D eigenvalue weighted by Crippen LogP contribution is 2.61. The molecule has 26 heavy (non-hydrogen) atoms. The van der Waals surface area contributed by atoms with Crippen molar-refractivity contribution in [1.82, 2.24) is 0 Å². The second kappa shape index (κ2) is 6.17. The van der Waals surface area contributed by atoms with Crippen LogP contribution in [0.3, 0.4) is 0 Å². The van der Waals surface area contributed by atoms with E-state index >= 15 is 0 Å². The van der Waals surface area contributed by atoms with E-state index in [-0.39, 0.29) is 18.1 Å². The largest absolute Gasteiger partial charge is 0.454 e. The molecule has 0 aromatic heterocycles. The van der Waals surface area contributed by atoms with Gasteiger partial charge in [0.15, 0.2) is 11.5 Å². The van der Waals surface area contributed by atoms with Crippen molar-refractivity contribution in [3.8, 4) is 11.5 Å². The van der Waals surface area contributed by atoms with Crippen molar-refractivity contribution in [3.63, 3.8) is 0 Å². The van der Waals surface area contributed by atoms with Crippen molar-refractivity contribution in [1.29, 1.82) is 0 Å². The summed E-state index contributed by atoms with van der Waals surface area (Å²) >= 11 is 0. The van der Waals surface area contributed by atoms with E-state index in [4.69, 9.17) is 9.47 Å². The van der Waals surface area contributed by atoms with Gasteiger partial charge in [-0.25, -0.2) is 0 Å². The molecule has 1 amide bonds. The van der Waals surface area contributed by atoms with Gasteiger partial charge < -0.3 is 14.8 Å². The molecule has 4 bridgehead atoms. The predicted molar refractivity (Wildman–Crippen MR) is 100 cm³/mol. The van der Waals surface area contributed by atoms with Crippen molar-refractivity contribution in [3.05, 3.63) is 17.7 Å². The fraction of sp³-hybridized carbons (Fsp3) is 0.682. The van der Waals surface area contributed by atoms with Crippen molar-refractivity contribution >= 4 is 11.6 Å². The third-order valence-corrected chi connectivity index (χ3v) is 7.09. The van der Waals surface area contributed by atoms with Gasteiger partial charge in [-0.3, -0.25) is 4.79 Å². The maximum absolute atomic E-state index is 13.0. The maximum Gasteiger partial charge on any atom is 0.231 e. The minimum Gasteiger partial charge on any atom is -0.454 e. The lowest BCUT2D eigenvalue weighted by atomic mass is 9.49. The van der Waals surface area contributed by atoms with Crippen LogP contribution < -0.4 is 14.8 Å². The summed E-state index contributed by atoms with van der Waals surface area (Å²) in [4.78, 5) is 13.0. The van der Waals surface area contributed by atoms with E-state index in [0.29, 0.717) is 6.42 Å². The number of anilines is 1. The highest BCUT2D eigenvalue weighted by atomic mass is 16.7. The standard InChI is InChI=1S/C22H29NO3/c1-2-3-17-7-19-20(26-13-25-19)8-18(17)23-21(24)12-22-9-14-4-15(10-22)6-16(5-14)11-22/h7-8,14-16H,2-6,9-13H2,1H3,(H,23,24). The number of rotatable bonds is 5.